The number of nitrogens with zero attached hydrogens (tertiary/aromatic N) is 1. The number of aromatic nitrogens is 1. The van der Waals surface area contributed by atoms with Gasteiger partial charge in [-0.15, -0.1) is 0 Å². The summed E-state index contributed by atoms with van der Waals surface area (Å²) < 4.78 is 11.6. The van der Waals surface area contributed by atoms with E-state index in [-0.39, 0.29) is 6.04 Å². The Balaban J connectivity index is 2.09. The van der Waals surface area contributed by atoms with Crippen LogP contribution in [0.15, 0.2) is 48.7 Å². The second-order valence-electron chi connectivity index (χ2n) is 4.83. The van der Waals surface area contributed by atoms with E-state index < -0.39 is 10.8 Å². The molecule has 1 N–H and O–H groups in total. The molecule has 0 amide bonds. The fraction of sp³-hybridized carbons (Fsp3) is 0.312. The Morgan fingerprint density at radius 1 is 1.20 bits per heavy atom. The molecule has 0 fully saturated rings. The van der Waals surface area contributed by atoms with Crippen molar-refractivity contribution in [2.45, 2.75) is 19.5 Å². The molecule has 4 heteroatoms. The van der Waals surface area contributed by atoms with Crippen LogP contribution < -0.4 is 5.32 Å². The van der Waals surface area contributed by atoms with Crippen LogP contribution >= 0.6 is 0 Å². The van der Waals surface area contributed by atoms with Gasteiger partial charge in [0, 0.05) is 47.3 Å². The molecule has 2 atom stereocenters. The third kappa shape index (κ3) is 4.25. The predicted molar refractivity (Wildman–Crippen MR) is 83.9 cm³/mol. The summed E-state index contributed by atoms with van der Waals surface area (Å²) in [6, 6.07) is 14.3. The van der Waals surface area contributed by atoms with Gasteiger partial charge >= 0.3 is 0 Å². The van der Waals surface area contributed by atoms with E-state index >= 15 is 0 Å². The summed E-state index contributed by atoms with van der Waals surface area (Å²) in [4.78, 5) is 4.29. The van der Waals surface area contributed by atoms with Crippen LogP contribution in [0.25, 0.3) is 0 Å². The van der Waals surface area contributed by atoms with Gasteiger partial charge in [0.2, 0.25) is 0 Å². The van der Waals surface area contributed by atoms with E-state index in [1.54, 1.807) is 12.5 Å². The maximum atomic E-state index is 11.6. The molecule has 1 aromatic carbocycles. The van der Waals surface area contributed by atoms with Crippen LogP contribution in [0.1, 0.15) is 22.9 Å². The summed E-state index contributed by atoms with van der Waals surface area (Å²) >= 11 is 0. The zero-order chi connectivity index (χ0) is 14.4. The number of nitrogens with one attached hydrogen (secondary N) is 1. The highest BCUT2D eigenvalue weighted by Gasteiger charge is 2.13. The molecule has 0 aliphatic heterocycles. The Morgan fingerprint density at radius 3 is 2.60 bits per heavy atom. The predicted octanol–water partition coefficient (Wildman–Crippen LogP) is 2.60. The highest BCUT2D eigenvalue weighted by molar-refractivity contribution is 7.84. The van der Waals surface area contributed by atoms with Crippen LogP contribution in [0, 0.1) is 6.92 Å². The van der Waals surface area contributed by atoms with Crippen molar-refractivity contribution in [3.63, 3.8) is 0 Å². The standard InChI is InChI=1S/C16H20N2OS/c1-13-15(9-6-10-17-13)11-18-16(12-20(2)19)14-7-4-3-5-8-14/h3-10,16,18H,11-12H2,1-2H3/t16-,20-/m1/s1. The van der Waals surface area contributed by atoms with Crippen molar-refractivity contribution in [3.8, 4) is 0 Å². The van der Waals surface area contributed by atoms with Crippen LogP contribution in [-0.4, -0.2) is 21.2 Å². The second-order valence-corrected chi connectivity index (χ2v) is 6.31. The molecule has 0 spiro atoms. The van der Waals surface area contributed by atoms with Crippen molar-refractivity contribution in [1.82, 2.24) is 10.3 Å². The first-order valence-corrected chi connectivity index (χ1v) is 8.38. The van der Waals surface area contributed by atoms with Crippen molar-refractivity contribution in [2.75, 3.05) is 12.0 Å². The number of rotatable bonds is 6. The smallest absolute Gasteiger partial charge is 0.0439 e. The molecule has 2 aromatic rings. The van der Waals surface area contributed by atoms with Gasteiger partial charge in [0.05, 0.1) is 0 Å². The summed E-state index contributed by atoms with van der Waals surface area (Å²) in [7, 11) is -0.837. The van der Waals surface area contributed by atoms with Crippen molar-refractivity contribution in [3.05, 3.63) is 65.5 Å². The maximum Gasteiger partial charge on any atom is 0.0439 e. The van der Waals surface area contributed by atoms with Gasteiger partial charge in [-0.3, -0.25) is 9.19 Å². The number of hydrogen-bond acceptors (Lipinski definition) is 3. The number of hydrogen-bond donors (Lipinski definition) is 1. The molecule has 0 aliphatic carbocycles. The molecular weight excluding hydrogens is 268 g/mol. The van der Waals surface area contributed by atoms with E-state index in [1.165, 1.54) is 11.1 Å². The third-order valence-electron chi connectivity index (χ3n) is 3.26. The lowest BCUT2D eigenvalue weighted by Gasteiger charge is -2.18. The first-order valence-electron chi connectivity index (χ1n) is 6.65. The summed E-state index contributed by atoms with van der Waals surface area (Å²) in [6.45, 7) is 2.74. The number of pyridine rings is 1. The highest BCUT2D eigenvalue weighted by Crippen LogP contribution is 2.15. The third-order valence-corrected chi connectivity index (χ3v) is 4.06. The minimum atomic E-state index is -0.837. The summed E-state index contributed by atoms with van der Waals surface area (Å²) in [6.07, 6.45) is 3.54. The molecule has 0 saturated carbocycles. The molecule has 106 valence electrons. The van der Waals surface area contributed by atoms with Gasteiger partial charge in [-0.2, -0.15) is 0 Å². The molecule has 1 aromatic heterocycles. The molecular formula is C16H20N2OS. The first kappa shape index (κ1) is 14.9. The lowest BCUT2D eigenvalue weighted by molar-refractivity contribution is 0.572. The van der Waals surface area contributed by atoms with Crippen molar-refractivity contribution in [2.24, 2.45) is 0 Å². The molecule has 0 unspecified atom stereocenters. The highest BCUT2D eigenvalue weighted by atomic mass is 32.2. The van der Waals surface area contributed by atoms with Crippen LogP contribution in [-0.2, 0) is 17.3 Å². The number of benzene rings is 1. The molecule has 0 bridgehead atoms. The Morgan fingerprint density at radius 2 is 1.95 bits per heavy atom. The molecule has 2 rings (SSSR count). The summed E-state index contributed by atoms with van der Waals surface area (Å²) in [5.41, 5.74) is 3.38. The summed E-state index contributed by atoms with van der Waals surface area (Å²) in [5.74, 6) is 0.614. The second kappa shape index (κ2) is 7.31. The van der Waals surface area contributed by atoms with Crippen molar-refractivity contribution >= 4 is 10.8 Å². The van der Waals surface area contributed by atoms with Crippen molar-refractivity contribution < 1.29 is 4.21 Å². The zero-order valence-electron chi connectivity index (χ0n) is 11.9. The molecule has 0 radical (unpaired) electrons. The monoisotopic (exact) mass is 288 g/mol. The van der Waals surface area contributed by atoms with E-state index in [4.69, 9.17) is 0 Å². The zero-order valence-corrected chi connectivity index (χ0v) is 12.7. The van der Waals surface area contributed by atoms with Crippen LogP contribution in [0.3, 0.4) is 0 Å². The normalized spacial score (nSPS) is 13.9. The maximum absolute atomic E-state index is 11.6. The SMILES string of the molecule is Cc1ncccc1CN[C@H](C[S@@](C)=O)c1ccccc1. The Bertz CT molecular complexity index is 572. The number of aryl methyl sites for hydroxylation is 1. The van der Waals surface area contributed by atoms with Crippen LogP contribution in [0.2, 0.25) is 0 Å². The fourth-order valence-electron chi connectivity index (χ4n) is 2.13. The lowest BCUT2D eigenvalue weighted by Crippen LogP contribution is -2.26. The van der Waals surface area contributed by atoms with Gasteiger partial charge in [-0.25, -0.2) is 0 Å². The van der Waals surface area contributed by atoms with E-state index in [0.29, 0.717) is 5.75 Å². The minimum Gasteiger partial charge on any atom is -0.305 e. The van der Waals surface area contributed by atoms with E-state index in [1.807, 2.05) is 31.2 Å². The van der Waals surface area contributed by atoms with Crippen LogP contribution in [0.4, 0.5) is 0 Å². The van der Waals surface area contributed by atoms with Gasteiger partial charge in [0.25, 0.3) is 0 Å². The van der Waals surface area contributed by atoms with E-state index in [9.17, 15) is 4.21 Å². The van der Waals surface area contributed by atoms with Gasteiger partial charge in [-0.1, -0.05) is 36.4 Å². The molecule has 0 saturated heterocycles. The topological polar surface area (TPSA) is 42.0 Å². The minimum absolute atomic E-state index is 0.0987. The summed E-state index contributed by atoms with van der Waals surface area (Å²) in [5, 5.41) is 3.49. The Hall–Kier alpha value is -1.52. The Kier molecular flexibility index (Phi) is 5.44. The van der Waals surface area contributed by atoms with E-state index in [2.05, 4.69) is 28.5 Å². The largest absolute Gasteiger partial charge is 0.305 e. The fourth-order valence-corrected chi connectivity index (χ4v) is 2.91. The average Bonchev–Trinajstić information content (AvgIpc) is 2.45. The first-order chi connectivity index (χ1) is 9.66. The quantitative estimate of drug-likeness (QED) is 0.888. The van der Waals surface area contributed by atoms with Gasteiger partial charge in [-0.05, 0) is 24.1 Å². The Labute approximate surface area is 122 Å². The molecule has 0 aliphatic rings. The van der Waals surface area contributed by atoms with Gasteiger partial charge in [0.1, 0.15) is 0 Å². The molecule has 1 heterocycles. The average molecular weight is 288 g/mol. The van der Waals surface area contributed by atoms with Crippen molar-refractivity contribution in [1.29, 1.82) is 0 Å². The van der Waals surface area contributed by atoms with Crippen LogP contribution in [0.5, 0.6) is 0 Å². The lowest BCUT2D eigenvalue weighted by atomic mass is 10.1. The van der Waals surface area contributed by atoms with E-state index in [0.717, 1.165) is 12.2 Å². The molecule has 3 nitrogen and oxygen atoms in total. The molecule has 20 heavy (non-hydrogen) atoms. The van der Waals surface area contributed by atoms with Gasteiger partial charge < -0.3 is 5.32 Å². The van der Waals surface area contributed by atoms with Gasteiger partial charge in [0.15, 0.2) is 0 Å².